The first-order valence-corrected chi connectivity index (χ1v) is 6.27. The lowest BCUT2D eigenvalue weighted by Gasteiger charge is -2.37. The average Bonchev–Trinajstić information content (AvgIpc) is 2.64. The maximum absolute atomic E-state index is 11.9. The van der Waals surface area contributed by atoms with Crippen LogP contribution in [0.25, 0.3) is 0 Å². The summed E-state index contributed by atoms with van der Waals surface area (Å²) in [4.78, 5) is 18.1. The van der Waals surface area contributed by atoms with Crippen molar-refractivity contribution in [1.82, 2.24) is 9.88 Å². The summed E-state index contributed by atoms with van der Waals surface area (Å²) in [6.07, 6.45) is 0.201. The first kappa shape index (κ1) is 11.5. The van der Waals surface area contributed by atoms with Crippen molar-refractivity contribution in [1.29, 1.82) is 0 Å². The molecule has 0 N–H and O–H groups in total. The van der Waals surface area contributed by atoms with Gasteiger partial charge < -0.3 is 9.64 Å². The maximum atomic E-state index is 11.9. The van der Waals surface area contributed by atoms with Crippen molar-refractivity contribution >= 4 is 17.2 Å². The summed E-state index contributed by atoms with van der Waals surface area (Å²) in [5, 5.41) is 2.87. The second-order valence-electron chi connectivity index (χ2n) is 4.29. The van der Waals surface area contributed by atoms with Crippen molar-refractivity contribution in [2.75, 3.05) is 20.2 Å². The van der Waals surface area contributed by atoms with E-state index in [0.29, 0.717) is 24.7 Å². The molecular formula is C11H16N2O2S. The Morgan fingerprint density at radius 1 is 1.62 bits per heavy atom. The van der Waals surface area contributed by atoms with Crippen LogP contribution in [0.15, 0.2) is 5.38 Å². The number of likely N-dealkylation sites (tertiary alicyclic amines) is 1. The van der Waals surface area contributed by atoms with E-state index in [1.54, 1.807) is 23.3 Å². The average molecular weight is 240 g/mol. The fourth-order valence-corrected chi connectivity index (χ4v) is 2.38. The largest absolute Gasteiger partial charge is 0.378 e. The van der Waals surface area contributed by atoms with Gasteiger partial charge in [-0.3, -0.25) is 4.79 Å². The van der Waals surface area contributed by atoms with Gasteiger partial charge in [0.15, 0.2) is 0 Å². The van der Waals surface area contributed by atoms with E-state index in [1.165, 1.54) is 0 Å². The standard InChI is InChI=1S/C11H16N2O2S/c1-7(2)10-12-9(6-16-10)11(14)13-4-8(5-13)15-3/h6-8H,4-5H2,1-3H3. The van der Waals surface area contributed by atoms with Gasteiger partial charge in [-0.15, -0.1) is 11.3 Å². The van der Waals surface area contributed by atoms with Gasteiger partial charge in [-0.05, 0) is 0 Å². The van der Waals surface area contributed by atoms with Gasteiger partial charge in [-0.1, -0.05) is 13.8 Å². The fraction of sp³-hybridized carbons (Fsp3) is 0.636. The molecule has 0 atom stereocenters. The van der Waals surface area contributed by atoms with Gasteiger partial charge >= 0.3 is 0 Å². The van der Waals surface area contributed by atoms with Crippen molar-refractivity contribution in [2.45, 2.75) is 25.9 Å². The number of methoxy groups -OCH3 is 1. The minimum atomic E-state index is 0.0245. The highest BCUT2D eigenvalue weighted by Gasteiger charge is 2.32. The number of carbonyl (C=O) groups is 1. The van der Waals surface area contributed by atoms with E-state index in [9.17, 15) is 4.79 Å². The van der Waals surface area contributed by atoms with Gasteiger partial charge in [0.05, 0.1) is 11.1 Å². The lowest BCUT2D eigenvalue weighted by Crippen LogP contribution is -2.54. The van der Waals surface area contributed by atoms with Crippen molar-refractivity contribution in [3.63, 3.8) is 0 Å². The molecule has 0 saturated carbocycles. The molecule has 0 aromatic carbocycles. The molecule has 5 heteroatoms. The minimum absolute atomic E-state index is 0.0245. The number of thiazole rings is 1. The van der Waals surface area contributed by atoms with Crippen LogP contribution in [-0.4, -0.2) is 42.1 Å². The maximum Gasteiger partial charge on any atom is 0.273 e. The molecule has 1 aromatic rings. The third-order valence-electron chi connectivity index (χ3n) is 2.70. The van der Waals surface area contributed by atoms with Crippen LogP contribution in [0.1, 0.15) is 35.3 Å². The summed E-state index contributed by atoms with van der Waals surface area (Å²) in [6, 6.07) is 0. The molecule has 1 aromatic heterocycles. The van der Waals surface area contributed by atoms with Gasteiger partial charge in [0.1, 0.15) is 5.69 Å². The number of rotatable bonds is 3. The lowest BCUT2D eigenvalue weighted by atomic mass is 10.1. The van der Waals surface area contributed by atoms with E-state index in [1.807, 2.05) is 5.38 Å². The summed E-state index contributed by atoms with van der Waals surface area (Å²) < 4.78 is 5.13. The van der Waals surface area contributed by atoms with Crippen molar-refractivity contribution in [3.05, 3.63) is 16.1 Å². The molecule has 4 nitrogen and oxygen atoms in total. The zero-order valence-electron chi connectivity index (χ0n) is 9.77. The van der Waals surface area contributed by atoms with E-state index >= 15 is 0 Å². The molecule has 0 unspecified atom stereocenters. The van der Waals surface area contributed by atoms with Gasteiger partial charge in [0.25, 0.3) is 5.91 Å². The van der Waals surface area contributed by atoms with E-state index in [4.69, 9.17) is 4.74 Å². The van der Waals surface area contributed by atoms with Crippen LogP contribution < -0.4 is 0 Å². The van der Waals surface area contributed by atoms with Crippen LogP contribution >= 0.6 is 11.3 Å². The zero-order valence-corrected chi connectivity index (χ0v) is 10.6. The number of carbonyl (C=O) groups excluding carboxylic acids is 1. The highest BCUT2D eigenvalue weighted by atomic mass is 32.1. The number of hydrogen-bond donors (Lipinski definition) is 0. The van der Waals surface area contributed by atoms with Crippen molar-refractivity contribution < 1.29 is 9.53 Å². The number of aromatic nitrogens is 1. The van der Waals surface area contributed by atoms with Crippen LogP contribution in [-0.2, 0) is 4.74 Å². The molecule has 1 aliphatic heterocycles. The Balaban J connectivity index is 1.99. The summed E-state index contributed by atoms with van der Waals surface area (Å²) in [5.74, 6) is 0.408. The van der Waals surface area contributed by atoms with Gasteiger partial charge in [-0.25, -0.2) is 4.98 Å². The highest BCUT2D eigenvalue weighted by molar-refractivity contribution is 7.09. The lowest BCUT2D eigenvalue weighted by molar-refractivity contribution is -0.0194. The first-order valence-electron chi connectivity index (χ1n) is 5.39. The molecule has 0 bridgehead atoms. The number of ether oxygens (including phenoxy) is 1. The molecule has 0 radical (unpaired) electrons. The normalized spacial score (nSPS) is 16.6. The molecule has 1 saturated heterocycles. The Morgan fingerprint density at radius 2 is 2.31 bits per heavy atom. The topological polar surface area (TPSA) is 42.4 Å². The van der Waals surface area contributed by atoms with Crippen LogP contribution in [0.3, 0.4) is 0 Å². The molecule has 1 aliphatic rings. The quantitative estimate of drug-likeness (QED) is 0.808. The molecule has 2 rings (SSSR count). The highest BCUT2D eigenvalue weighted by Crippen LogP contribution is 2.21. The van der Waals surface area contributed by atoms with Crippen molar-refractivity contribution in [2.24, 2.45) is 0 Å². The number of nitrogens with zero attached hydrogens (tertiary/aromatic N) is 2. The van der Waals surface area contributed by atoms with Gasteiger partial charge in [0, 0.05) is 31.5 Å². The van der Waals surface area contributed by atoms with Crippen LogP contribution in [0.4, 0.5) is 0 Å². The second kappa shape index (κ2) is 4.51. The number of amides is 1. The smallest absolute Gasteiger partial charge is 0.273 e. The monoisotopic (exact) mass is 240 g/mol. The van der Waals surface area contributed by atoms with Crippen LogP contribution in [0.2, 0.25) is 0 Å². The summed E-state index contributed by atoms with van der Waals surface area (Å²) in [5.41, 5.74) is 0.572. The third kappa shape index (κ3) is 2.10. The van der Waals surface area contributed by atoms with Gasteiger partial charge in [0.2, 0.25) is 0 Å². The van der Waals surface area contributed by atoms with Gasteiger partial charge in [-0.2, -0.15) is 0 Å². The summed E-state index contributed by atoms with van der Waals surface area (Å²) in [7, 11) is 1.67. The molecule has 1 fully saturated rings. The predicted octanol–water partition coefficient (Wildman–Crippen LogP) is 1.74. The SMILES string of the molecule is COC1CN(C(=O)c2csc(C(C)C)n2)C1. The molecule has 16 heavy (non-hydrogen) atoms. The Labute approximate surface area is 99.2 Å². The molecular weight excluding hydrogens is 224 g/mol. The fourth-order valence-electron chi connectivity index (χ4n) is 1.57. The molecule has 2 heterocycles. The molecule has 88 valence electrons. The first-order chi connectivity index (χ1) is 7.61. The molecule has 0 aliphatic carbocycles. The Morgan fingerprint density at radius 3 is 2.81 bits per heavy atom. The van der Waals surface area contributed by atoms with E-state index < -0.39 is 0 Å². The summed E-state index contributed by atoms with van der Waals surface area (Å²) in [6.45, 7) is 5.53. The predicted molar refractivity (Wildman–Crippen MR) is 62.9 cm³/mol. The second-order valence-corrected chi connectivity index (χ2v) is 5.18. The van der Waals surface area contributed by atoms with Crippen LogP contribution in [0, 0.1) is 0 Å². The Hall–Kier alpha value is -0.940. The minimum Gasteiger partial charge on any atom is -0.378 e. The molecule has 1 amide bonds. The Bertz CT molecular complexity index is 383. The third-order valence-corrected chi connectivity index (χ3v) is 3.85. The molecule has 0 spiro atoms. The van der Waals surface area contributed by atoms with E-state index in [-0.39, 0.29) is 12.0 Å². The number of hydrogen-bond acceptors (Lipinski definition) is 4. The van der Waals surface area contributed by atoms with E-state index in [0.717, 1.165) is 5.01 Å². The van der Waals surface area contributed by atoms with E-state index in [2.05, 4.69) is 18.8 Å². The summed E-state index contributed by atoms with van der Waals surface area (Å²) >= 11 is 1.55. The van der Waals surface area contributed by atoms with Crippen molar-refractivity contribution in [3.8, 4) is 0 Å². The Kier molecular flexibility index (Phi) is 3.25. The van der Waals surface area contributed by atoms with Crippen LogP contribution in [0.5, 0.6) is 0 Å². The zero-order chi connectivity index (χ0) is 11.7.